The molecule has 1 saturated heterocycles. The minimum absolute atomic E-state index is 0.0881. The van der Waals surface area contributed by atoms with Crippen molar-refractivity contribution in [2.75, 3.05) is 18.4 Å². The van der Waals surface area contributed by atoms with Gasteiger partial charge in [-0.05, 0) is 48.6 Å². The molecule has 1 aliphatic heterocycles. The highest BCUT2D eigenvalue weighted by Gasteiger charge is 2.28. The first kappa shape index (κ1) is 18.4. The molecule has 1 aromatic carbocycles. The van der Waals surface area contributed by atoms with Crippen molar-refractivity contribution < 1.29 is 14.1 Å². The van der Waals surface area contributed by atoms with Gasteiger partial charge in [-0.3, -0.25) is 9.59 Å². The molecule has 4 rings (SSSR count). The van der Waals surface area contributed by atoms with Gasteiger partial charge in [0, 0.05) is 42.6 Å². The van der Waals surface area contributed by atoms with Crippen LogP contribution in [0, 0.1) is 0 Å². The molecule has 7 nitrogen and oxygen atoms in total. The summed E-state index contributed by atoms with van der Waals surface area (Å²) < 4.78 is 5.49. The number of nitrogens with one attached hydrogen (secondary N) is 1. The van der Waals surface area contributed by atoms with E-state index in [0.29, 0.717) is 24.8 Å². The van der Waals surface area contributed by atoms with E-state index in [4.69, 9.17) is 4.52 Å². The van der Waals surface area contributed by atoms with Gasteiger partial charge in [-0.25, -0.2) is 0 Å². The quantitative estimate of drug-likeness (QED) is 0.725. The van der Waals surface area contributed by atoms with E-state index < -0.39 is 0 Å². The van der Waals surface area contributed by atoms with Crippen LogP contribution in [0.2, 0.25) is 0 Å². The average Bonchev–Trinajstić information content (AvgIpc) is 3.40. The Kier molecular flexibility index (Phi) is 5.21. The molecule has 0 bridgehead atoms. The minimum atomic E-state index is -0.113. The predicted molar refractivity (Wildman–Crippen MR) is 106 cm³/mol. The number of thiophene rings is 1. The Bertz CT molecular complexity index is 958. The molecule has 0 atom stereocenters. The number of hydrogen-bond acceptors (Lipinski definition) is 6. The standard InChI is InChI=1S/C20H20N4O3S/c1-13(25)21-17-4-2-14(3-5-17)18-22-19(27-23-18)15-6-9-24(10-7-15)20(26)16-8-11-28-12-16/h2-5,8,11-12,15H,6-7,9-10H2,1H3,(H,21,25). The van der Waals surface area contributed by atoms with Crippen LogP contribution in [0.4, 0.5) is 5.69 Å². The Labute approximate surface area is 166 Å². The maximum atomic E-state index is 12.4. The van der Waals surface area contributed by atoms with Gasteiger partial charge in [-0.2, -0.15) is 16.3 Å². The van der Waals surface area contributed by atoms with Crippen LogP contribution < -0.4 is 5.32 Å². The van der Waals surface area contributed by atoms with Gasteiger partial charge < -0.3 is 14.7 Å². The average molecular weight is 396 g/mol. The third-order valence-corrected chi connectivity index (χ3v) is 5.49. The maximum absolute atomic E-state index is 12.4. The van der Waals surface area contributed by atoms with Gasteiger partial charge in [0.2, 0.25) is 17.6 Å². The Morgan fingerprint density at radius 2 is 1.93 bits per heavy atom. The van der Waals surface area contributed by atoms with E-state index in [1.54, 1.807) is 12.1 Å². The zero-order valence-electron chi connectivity index (χ0n) is 15.4. The maximum Gasteiger partial charge on any atom is 0.254 e. The first-order valence-corrected chi connectivity index (χ1v) is 10.1. The Balaban J connectivity index is 1.38. The molecule has 1 N–H and O–H groups in total. The summed E-state index contributed by atoms with van der Waals surface area (Å²) in [7, 11) is 0. The second kappa shape index (κ2) is 7.93. The van der Waals surface area contributed by atoms with Gasteiger partial charge in [0.1, 0.15) is 0 Å². The van der Waals surface area contributed by atoms with E-state index in [0.717, 1.165) is 29.7 Å². The molecule has 0 aliphatic carbocycles. The molecular formula is C20H20N4O3S. The van der Waals surface area contributed by atoms with Crippen LogP contribution in [0.25, 0.3) is 11.4 Å². The van der Waals surface area contributed by atoms with E-state index >= 15 is 0 Å². The molecule has 1 aliphatic rings. The molecule has 3 heterocycles. The van der Waals surface area contributed by atoms with Crippen molar-refractivity contribution in [3.8, 4) is 11.4 Å². The summed E-state index contributed by atoms with van der Waals surface area (Å²) in [5.74, 6) is 1.28. The molecule has 1 fully saturated rings. The molecule has 0 radical (unpaired) electrons. The van der Waals surface area contributed by atoms with Gasteiger partial charge in [-0.1, -0.05) is 5.16 Å². The van der Waals surface area contributed by atoms with Crippen LogP contribution in [0.5, 0.6) is 0 Å². The lowest BCUT2D eigenvalue weighted by atomic mass is 9.96. The molecule has 0 unspecified atom stereocenters. The topological polar surface area (TPSA) is 88.3 Å². The number of amides is 2. The van der Waals surface area contributed by atoms with Crippen molar-refractivity contribution in [1.29, 1.82) is 0 Å². The van der Waals surface area contributed by atoms with Crippen molar-refractivity contribution >= 4 is 28.8 Å². The zero-order valence-corrected chi connectivity index (χ0v) is 16.2. The van der Waals surface area contributed by atoms with Crippen LogP contribution in [0.3, 0.4) is 0 Å². The van der Waals surface area contributed by atoms with Crippen molar-refractivity contribution in [1.82, 2.24) is 15.0 Å². The van der Waals surface area contributed by atoms with E-state index in [9.17, 15) is 9.59 Å². The lowest BCUT2D eigenvalue weighted by molar-refractivity contribution is -0.114. The van der Waals surface area contributed by atoms with Crippen LogP contribution >= 0.6 is 11.3 Å². The summed E-state index contributed by atoms with van der Waals surface area (Å²) in [5, 5.41) is 10.6. The van der Waals surface area contributed by atoms with Crippen molar-refractivity contribution in [2.24, 2.45) is 0 Å². The van der Waals surface area contributed by atoms with Gasteiger partial charge >= 0.3 is 0 Å². The van der Waals surface area contributed by atoms with Crippen molar-refractivity contribution in [3.63, 3.8) is 0 Å². The second-order valence-electron chi connectivity index (χ2n) is 6.79. The van der Waals surface area contributed by atoms with E-state index in [1.807, 2.05) is 33.9 Å². The number of rotatable bonds is 4. The van der Waals surface area contributed by atoms with Gasteiger partial charge in [0.05, 0.1) is 5.56 Å². The Morgan fingerprint density at radius 1 is 1.18 bits per heavy atom. The number of anilines is 1. The van der Waals surface area contributed by atoms with E-state index in [2.05, 4.69) is 15.5 Å². The third-order valence-electron chi connectivity index (χ3n) is 4.80. The van der Waals surface area contributed by atoms with Crippen molar-refractivity contribution in [3.05, 3.63) is 52.5 Å². The number of nitrogens with zero attached hydrogens (tertiary/aromatic N) is 3. The van der Waals surface area contributed by atoms with Gasteiger partial charge in [0.15, 0.2) is 0 Å². The predicted octanol–water partition coefficient (Wildman–Crippen LogP) is 3.78. The molecule has 28 heavy (non-hydrogen) atoms. The lowest BCUT2D eigenvalue weighted by Crippen LogP contribution is -2.37. The normalized spacial score (nSPS) is 14.8. The van der Waals surface area contributed by atoms with E-state index in [-0.39, 0.29) is 17.7 Å². The minimum Gasteiger partial charge on any atom is -0.339 e. The largest absolute Gasteiger partial charge is 0.339 e. The van der Waals surface area contributed by atoms with Crippen LogP contribution in [0.15, 0.2) is 45.6 Å². The summed E-state index contributed by atoms with van der Waals surface area (Å²) in [4.78, 5) is 30.0. The summed E-state index contributed by atoms with van der Waals surface area (Å²) in [6, 6.07) is 9.17. The highest BCUT2D eigenvalue weighted by Crippen LogP contribution is 2.29. The molecule has 144 valence electrons. The van der Waals surface area contributed by atoms with Gasteiger partial charge in [0.25, 0.3) is 5.91 Å². The zero-order chi connectivity index (χ0) is 19.5. The fraction of sp³-hybridized carbons (Fsp3) is 0.300. The summed E-state index contributed by atoms with van der Waals surface area (Å²) >= 11 is 1.53. The van der Waals surface area contributed by atoms with Gasteiger partial charge in [-0.15, -0.1) is 0 Å². The molecule has 0 spiro atoms. The Morgan fingerprint density at radius 3 is 2.57 bits per heavy atom. The fourth-order valence-electron chi connectivity index (χ4n) is 3.32. The number of benzene rings is 1. The number of likely N-dealkylation sites (tertiary alicyclic amines) is 1. The summed E-state index contributed by atoms with van der Waals surface area (Å²) in [5.41, 5.74) is 2.31. The molecular weight excluding hydrogens is 376 g/mol. The first-order valence-electron chi connectivity index (χ1n) is 9.13. The third kappa shape index (κ3) is 3.96. The number of carbonyl (C=O) groups excluding carboxylic acids is 2. The number of aromatic nitrogens is 2. The molecule has 2 aromatic heterocycles. The van der Waals surface area contributed by atoms with Crippen LogP contribution in [-0.2, 0) is 4.79 Å². The molecule has 2 amide bonds. The second-order valence-corrected chi connectivity index (χ2v) is 7.57. The van der Waals surface area contributed by atoms with Crippen LogP contribution in [0.1, 0.15) is 41.9 Å². The number of piperidine rings is 1. The van der Waals surface area contributed by atoms with E-state index in [1.165, 1.54) is 18.3 Å². The molecule has 0 saturated carbocycles. The summed E-state index contributed by atoms with van der Waals surface area (Å²) in [6.07, 6.45) is 1.61. The monoisotopic (exact) mass is 396 g/mol. The SMILES string of the molecule is CC(=O)Nc1ccc(-c2noc(C3CCN(C(=O)c4ccsc4)CC3)n2)cc1. The lowest BCUT2D eigenvalue weighted by Gasteiger charge is -2.30. The Hall–Kier alpha value is -3.00. The smallest absolute Gasteiger partial charge is 0.254 e. The molecule has 3 aromatic rings. The summed E-state index contributed by atoms with van der Waals surface area (Å²) in [6.45, 7) is 2.84. The highest BCUT2D eigenvalue weighted by molar-refractivity contribution is 7.08. The number of carbonyl (C=O) groups is 2. The highest BCUT2D eigenvalue weighted by atomic mass is 32.1. The molecule has 8 heteroatoms. The van der Waals surface area contributed by atoms with Crippen molar-refractivity contribution in [2.45, 2.75) is 25.7 Å². The van der Waals surface area contributed by atoms with Crippen LogP contribution in [-0.4, -0.2) is 39.9 Å². The first-order chi connectivity index (χ1) is 13.6. The number of hydrogen-bond donors (Lipinski definition) is 1. The fourth-order valence-corrected chi connectivity index (χ4v) is 3.95.